The quantitative estimate of drug-likeness (QED) is 0.777. The molecule has 0 spiro atoms. The van der Waals surface area contributed by atoms with E-state index in [0.717, 1.165) is 47.1 Å². The van der Waals surface area contributed by atoms with Crippen LogP contribution in [0.2, 0.25) is 0 Å². The summed E-state index contributed by atoms with van der Waals surface area (Å²) in [6.45, 7) is 2.17. The Labute approximate surface area is 150 Å². The molecule has 26 heavy (non-hydrogen) atoms. The van der Waals surface area contributed by atoms with Crippen LogP contribution in [0.15, 0.2) is 59.4 Å². The summed E-state index contributed by atoms with van der Waals surface area (Å²) < 4.78 is 0. The SMILES string of the molecule is O=C1c2ccccc2C2N(Cc3cc4ccccc4[nH]c3=O)CCCN12. The summed E-state index contributed by atoms with van der Waals surface area (Å²) in [5.74, 6) is 0.0997. The van der Waals surface area contributed by atoms with Gasteiger partial charge in [-0.05, 0) is 30.0 Å². The van der Waals surface area contributed by atoms with Crippen molar-refractivity contribution >= 4 is 16.8 Å². The first kappa shape index (κ1) is 15.3. The molecular weight excluding hydrogens is 326 g/mol. The molecule has 0 bridgehead atoms. The maximum atomic E-state index is 12.7. The van der Waals surface area contributed by atoms with E-state index in [0.29, 0.717) is 6.54 Å². The molecule has 1 amide bonds. The lowest BCUT2D eigenvalue weighted by atomic mass is 10.1. The second-order valence-electron chi connectivity index (χ2n) is 6.99. The average molecular weight is 345 g/mol. The topological polar surface area (TPSA) is 56.4 Å². The van der Waals surface area contributed by atoms with Crippen molar-refractivity contribution in [2.45, 2.75) is 19.1 Å². The second-order valence-corrected chi connectivity index (χ2v) is 6.99. The highest BCUT2D eigenvalue weighted by molar-refractivity contribution is 5.99. The number of hydrogen-bond acceptors (Lipinski definition) is 3. The number of carbonyl (C=O) groups is 1. The molecule has 0 saturated carbocycles. The van der Waals surface area contributed by atoms with Crippen LogP contribution in [0.4, 0.5) is 0 Å². The summed E-state index contributed by atoms with van der Waals surface area (Å²) in [6.07, 6.45) is 0.847. The standard InChI is InChI=1S/C21H19N3O2/c25-19-15(12-14-6-1-4-9-18(14)22-19)13-23-10-5-11-24-20(23)16-7-2-3-8-17(16)21(24)26/h1-4,6-9,12,20H,5,10-11,13H2,(H,22,25). The lowest BCUT2D eigenvalue weighted by Gasteiger charge is -2.40. The predicted molar refractivity (Wildman–Crippen MR) is 99.8 cm³/mol. The lowest BCUT2D eigenvalue weighted by Crippen LogP contribution is -2.46. The van der Waals surface area contributed by atoms with E-state index in [1.807, 2.05) is 59.5 Å². The van der Waals surface area contributed by atoms with E-state index in [1.54, 1.807) is 0 Å². The molecule has 0 aliphatic carbocycles. The van der Waals surface area contributed by atoms with Gasteiger partial charge in [0.15, 0.2) is 0 Å². The van der Waals surface area contributed by atoms with E-state index in [9.17, 15) is 9.59 Å². The molecular formula is C21H19N3O2. The molecule has 1 fully saturated rings. The van der Waals surface area contributed by atoms with Crippen LogP contribution in [0.5, 0.6) is 0 Å². The highest BCUT2D eigenvalue weighted by Gasteiger charge is 2.41. The molecule has 3 aromatic rings. The molecule has 5 rings (SSSR count). The van der Waals surface area contributed by atoms with E-state index < -0.39 is 0 Å². The van der Waals surface area contributed by atoms with Crippen LogP contribution >= 0.6 is 0 Å². The van der Waals surface area contributed by atoms with Crippen LogP contribution in [0.3, 0.4) is 0 Å². The Hall–Kier alpha value is -2.92. The van der Waals surface area contributed by atoms with E-state index in [-0.39, 0.29) is 17.6 Å². The number of hydrogen-bond donors (Lipinski definition) is 1. The minimum absolute atomic E-state index is 0.0570. The molecule has 5 nitrogen and oxygen atoms in total. The van der Waals surface area contributed by atoms with Gasteiger partial charge in [0, 0.05) is 41.8 Å². The van der Waals surface area contributed by atoms with E-state index in [1.165, 1.54) is 0 Å². The number of aromatic nitrogens is 1. The normalized spacial score (nSPS) is 19.6. The number of pyridine rings is 1. The van der Waals surface area contributed by atoms with Crippen molar-refractivity contribution in [2.75, 3.05) is 13.1 Å². The molecule has 1 atom stereocenters. The first-order chi connectivity index (χ1) is 12.7. The Morgan fingerprint density at radius 3 is 2.73 bits per heavy atom. The van der Waals surface area contributed by atoms with Gasteiger partial charge in [-0.3, -0.25) is 14.5 Å². The van der Waals surface area contributed by atoms with Gasteiger partial charge >= 0.3 is 0 Å². The zero-order valence-electron chi connectivity index (χ0n) is 14.3. The number of H-pyrrole nitrogens is 1. The lowest BCUT2D eigenvalue weighted by molar-refractivity contribution is 0.0122. The number of amides is 1. The molecule has 2 aromatic carbocycles. The summed E-state index contributed by atoms with van der Waals surface area (Å²) in [5.41, 5.74) is 3.37. The third-order valence-electron chi connectivity index (χ3n) is 5.42. The van der Waals surface area contributed by atoms with Gasteiger partial charge in [0.1, 0.15) is 6.17 Å². The highest BCUT2D eigenvalue weighted by atomic mass is 16.2. The van der Waals surface area contributed by atoms with Gasteiger partial charge < -0.3 is 9.88 Å². The largest absolute Gasteiger partial charge is 0.322 e. The Balaban J connectivity index is 1.54. The fraction of sp³-hybridized carbons (Fsp3) is 0.238. The summed E-state index contributed by atoms with van der Waals surface area (Å²) in [7, 11) is 0. The second kappa shape index (κ2) is 5.81. The molecule has 2 aliphatic heterocycles. The molecule has 1 aromatic heterocycles. The number of fused-ring (bicyclic) bond motifs is 4. The molecule has 1 N–H and O–H groups in total. The molecule has 1 saturated heterocycles. The monoisotopic (exact) mass is 345 g/mol. The van der Waals surface area contributed by atoms with E-state index in [4.69, 9.17) is 0 Å². The number of benzene rings is 2. The molecule has 130 valence electrons. The third kappa shape index (κ3) is 2.28. The van der Waals surface area contributed by atoms with Gasteiger partial charge in [-0.1, -0.05) is 36.4 Å². The van der Waals surface area contributed by atoms with Crippen LogP contribution in [-0.2, 0) is 6.54 Å². The summed E-state index contributed by atoms with van der Waals surface area (Å²) in [6, 6.07) is 17.6. The van der Waals surface area contributed by atoms with Crippen LogP contribution in [0.25, 0.3) is 10.9 Å². The van der Waals surface area contributed by atoms with Gasteiger partial charge in [0.25, 0.3) is 11.5 Å². The maximum Gasteiger partial charge on any atom is 0.255 e. The number of nitrogens with one attached hydrogen (secondary N) is 1. The van der Waals surface area contributed by atoms with Crippen molar-refractivity contribution < 1.29 is 4.79 Å². The number of carbonyl (C=O) groups excluding carboxylic acids is 1. The van der Waals surface area contributed by atoms with Crippen LogP contribution < -0.4 is 5.56 Å². The van der Waals surface area contributed by atoms with E-state index in [2.05, 4.69) is 9.88 Å². The summed E-state index contributed by atoms with van der Waals surface area (Å²) in [4.78, 5) is 32.4. The van der Waals surface area contributed by atoms with Crippen molar-refractivity contribution in [3.63, 3.8) is 0 Å². The Bertz CT molecular complexity index is 1070. The first-order valence-electron chi connectivity index (χ1n) is 8.97. The molecule has 2 aliphatic rings. The molecule has 3 heterocycles. The van der Waals surface area contributed by atoms with Crippen molar-refractivity contribution in [3.8, 4) is 0 Å². The smallest absolute Gasteiger partial charge is 0.255 e. The van der Waals surface area contributed by atoms with Crippen molar-refractivity contribution in [1.82, 2.24) is 14.8 Å². The van der Waals surface area contributed by atoms with Gasteiger partial charge in [-0.2, -0.15) is 0 Å². The Morgan fingerprint density at radius 2 is 1.81 bits per heavy atom. The van der Waals surface area contributed by atoms with Crippen LogP contribution in [0.1, 0.15) is 34.1 Å². The molecule has 0 radical (unpaired) electrons. The number of rotatable bonds is 2. The van der Waals surface area contributed by atoms with Gasteiger partial charge in [0.2, 0.25) is 0 Å². The van der Waals surface area contributed by atoms with Crippen molar-refractivity contribution in [2.24, 2.45) is 0 Å². The van der Waals surface area contributed by atoms with Gasteiger partial charge in [0.05, 0.1) is 0 Å². The third-order valence-corrected chi connectivity index (χ3v) is 5.42. The Kier molecular flexibility index (Phi) is 3.43. The van der Waals surface area contributed by atoms with Crippen molar-refractivity contribution in [1.29, 1.82) is 0 Å². The van der Waals surface area contributed by atoms with Gasteiger partial charge in [-0.15, -0.1) is 0 Å². The first-order valence-corrected chi connectivity index (χ1v) is 8.97. The van der Waals surface area contributed by atoms with Gasteiger partial charge in [-0.25, -0.2) is 0 Å². The minimum Gasteiger partial charge on any atom is -0.322 e. The van der Waals surface area contributed by atoms with E-state index >= 15 is 0 Å². The average Bonchev–Trinajstić information content (AvgIpc) is 2.96. The summed E-state index contributed by atoms with van der Waals surface area (Å²) >= 11 is 0. The molecule has 1 unspecified atom stereocenters. The van der Waals surface area contributed by atoms with Crippen LogP contribution in [0, 0.1) is 0 Å². The molecule has 5 heteroatoms. The number of nitrogens with zero attached hydrogens (tertiary/aromatic N) is 2. The highest BCUT2D eigenvalue weighted by Crippen LogP contribution is 2.39. The number of aromatic amines is 1. The zero-order chi connectivity index (χ0) is 17.7. The fourth-order valence-electron chi connectivity index (χ4n) is 4.23. The minimum atomic E-state index is -0.0710. The maximum absolute atomic E-state index is 12.7. The predicted octanol–water partition coefficient (Wildman–Crippen LogP) is 2.89. The van der Waals surface area contributed by atoms with Crippen molar-refractivity contribution in [3.05, 3.63) is 81.6 Å². The summed E-state index contributed by atoms with van der Waals surface area (Å²) in [5, 5.41) is 1.03. The number of para-hydroxylation sites is 1. The van der Waals surface area contributed by atoms with Crippen LogP contribution in [-0.4, -0.2) is 33.8 Å². The Morgan fingerprint density at radius 1 is 1.00 bits per heavy atom. The fourth-order valence-corrected chi connectivity index (χ4v) is 4.23. The zero-order valence-corrected chi connectivity index (χ0v) is 14.3.